The minimum Gasteiger partial charge on any atom is -0.466 e. The molecule has 4 heteroatoms. The summed E-state index contributed by atoms with van der Waals surface area (Å²) in [6.45, 7) is 2.24. The second-order valence-electron chi connectivity index (χ2n) is 5.06. The fraction of sp³-hybridized carbons (Fsp3) is 0.533. The van der Waals surface area contributed by atoms with E-state index in [0.717, 1.165) is 10.0 Å². The first kappa shape index (κ1) is 14.5. The van der Waals surface area contributed by atoms with Gasteiger partial charge in [-0.25, -0.2) is 0 Å². The van der Waals surface area contributed by atoms with Crippen molar-refractivity contribution in [3.63, 3.8) is 0 Å². The molecule has 0 atom stereocenters. The summed E-state index contributed by atoms with van der Waals surface area (Å²) in [5.74, 6) is -0.184. The molecule has 0 bridgehead atoms. The first-order valence-corrected chi connectivity index (χ1v) is 7.49. The van der Waals surface area contributed by atoms with E-state index in [9.17, 15) is 9.90 Å². The molecule has 0 amide bonds. The van der Waals surface area contributed by atoms with Gasteiger partial charge in [-0.1, -0.05) is 28.1 Å². The maximum absolute atomic E-state index is 11.7. The summed E-state index contributed by atoms with van der Waals surface area (Å²) in [5.41, 5.74) is 0.127. The molecule has 0 saturated heterocycles. The molecule has 2 rings (SSSR count). The summed E-state index contributed by atoms with van der Waals surface area (Å²) < 4.78 is 6.04. The van der Waals surface area contributed by atoms with Crippen LogP contribution in [0, 0.1) is 5.92 Å². The van der Waals surface area contributed by atoms with Gasteiger partial charge in [0.1, 0.15) is 0 Å². The van der Waals surface area contributed by atoms with Crippen LogP contribution in [0.4, 0.5) is 0 Å². The Bertz CT molecular complexity index is 433. The minimum absolute atomic E-state index is 0.0596. The number of carbonyl (C=O) groups is 1. The van der Waals surface area contributed by atoms with Gasteiger partial charge in [-0.3, -0.25) is 4.79 Å². The van der Waals surface area contributed by atoms with Crippen LogP contribution in [0.1, 0.15) is 38.2 Å². The van der Waals surface area contributed by atoms with Crippen LogP contribution in [0.25, 0.3) is 0 Å². The topological polar surface area (TPSA) is 46.5 Å². The van der Waals surface area contributed by atoms with E-state index in [1.54, 1.807) is 0 Å². The van der Waals surface area contributed by atoms with E-state index in [4.69, 9.17) is 4.74 Å². The second-order valence-corrected chi connectivity index (χ2v) is 5.98. The third-order valence-electron chi connectivity index (χ3n) is 3.81. The van der Waals surface area contributed by atoms with Crippen molar-refractivity contribution < 1.29 is 14.6 Å². The van der Waals surface area contributed by atoms with Crippen LogP contribution in [0.5, 0.6) is 0 Å². The average molecular weight is 327 g/mol. The number of benzene rings is 1. The summed E-state index contributed by atoms with van der Waals surface area (Å²) in [6.07, 6.45) is 2.59. The molecule has 0 unspecified atom stereocenters. The number of hydrogen-bond acceptors (Lipinski definition) is 3. The summed E-state index contributed by atoms with van der Waals surface area (Å²) in [4.78, 5) is 11.7. The molecule has 1 aromatic carbocycles. The number of ether oxygens (including phenoxy) is 1. The Hall–Kier alpha value is -0.870. The molecule has 0 radical (unpaired) electrons. The number of rotatable bonds is 3. The molecule has 0 spiro atoms. The Morgan fingerprint density at radius 2 is 1.95 bits per heavy atom. The smallest absolute Gasteiger partial charge is 0.308 e. The standard InChI is InChI=1S/C15H19BrO3/c1-2-19-14(17)11-7-9-15(18,10-8-11)12-3-5-13(16)6-4-12/h3-6,11,18H,2,7-10H2,1H3/t11-,15-. The maximum atomic E-state index is 11.7. The van der Waals surface area contributed by atoms with Crippen LogP contribution < -0.4 is 0 Å². The van der Waals surface area contributed by atoms with Gasteiger partial charge in [0.2, 0.25) is 0 Å². The lowest BCUT2D eigenvalue weighted by atomic mass is 9.75. The van der Waals surface area contributed by atoms with Gasteiger partial charge in [0, 0.05) is 4.47 Å². The molecule has 1 saturated carbocycles. The van der Waals surface area contributed by atoms with Crippen LogP contribution >= 0.6 is 15.9 Å². The highest BCUT2D eigenvalue weighted by molar-refractivity contribution is 9.10. The third-order valence-corrected chi connectivity index (χ3v) is 4.34. The summed E-state index contributed by atoms with van der Waals surface area (Å²) in [5, 5.41) is 10.7. The lowest BCUT2D eigenvalue weighted by Crippen LogP contribution is -2.34. The SMILES string of the molecule is CCOC(=O)[C@H]1CC[C@@](O)(c2ccc(Br)cc2)CC1. The van der Waals surface area contributed by atoms with Crippen molar-refractivity contribution in [1.82, 2.24) is 0 Å². The highest BCUT2D eigenvalue weighted by Gasteiger charge is 2.37. The Balaban J connectivity index is 2.01. The number of halogens is 1. The molecule has 1 aliphatic carbocycles. The predicted molar refractivity (Wildman–Crippen MR) is 76.6 cm³/mol. The molecule has 0 aliphatic heterocycles. The van der Waals surface area contributed by atoms with Gasteiger partial charge in [0.25, 0.3) is 0 Å². The van der Waals surface area contributed by atoms with E-state index in [0.29, 0.717) is 32.3 Å². The van der Waals surface area contributed by atoms with E-state index >= 15 is 0 Å². The first-order chi connectivity index (χ1) is 9.05. The van der Waals surface area contributed by atoms with Gasteiger partial charge >= 0.3 is 5.97 Å². The van der Waals surface area contributed by atoms with Crippen LogP contribution in [0.2, 0.25) is 0 Å². The quantitative estimate of drug-likeness (QED) is 0.866. The fourth-order valence-corrected chi connectivity index (χ4v) is 2.90. The Morgan fingerprint density at radius 3 is 2.47 bits per heavy atom. The molecule has 1 aliphatic rings. The zero-order valence-electron chi connectivity index (χ0n) is 11.1. The van der Waals surface area contributed by atoms with Crippen LogP contribution in [-0.2, 0) is 15.1 Å². The van der Waals surface area contributed by atoms with Gasteiger partial charge in [-0.2, -0.15) is 0 Å². The molecule has 0 aromatic heterocycles. The van der Waals surface area contributed by atoms with Crippen molar-refractivity contribution in [3.05, 3.63) is 34.3 Å². The zero-order chi connectivity index (χ0) is 13.9. The van der Waals surface area contributed by atoms with Gasteiger partial charge in [0.05, 0.1) is 18.1 Å². The van der Waals surface area contributed by atoms with E-state index < -0.39 is 5.60 Å². The summed E-state index contributed by atoms with van der Waals surface area (Å²) in [6, 6.07) is 7.75. The Labute approximate surface area is 122 Å². The number of aliphatic hydroxyl groups is 1. The molecule has 1 fully saturated rings. The molecule has 3 nitrogen and oxygen atoms in total. The monoisotopic (exact) mass is 326 g/mol. The van der Waals surface area contributed by atoms with Crippen LogP contribution in [0.3, 0.4) is 0 Å². The molecular weight excluding hydrogens is 308 g/mol. The van der Waals surface area contributed by atoms with Gasteiger partial charge < -0.3 is 9.84 Å². The van der Waals surface area contributed by atoms with Crippen LogP contribution in [0.15, 0.2) is 28.7 Å². The lowest BCUT2D eigenvalue weighted by Gasteiger charge is -2.35. The normalized spacial score (nSPS) is 27.0. The first-order valence-electron chi connectivity index (χ1n) is 6.70. The molecule has 19 heavy (non-hydrogen) atoms. The highest BCUT2D eigenvalue weighted by Crippen LogP contribution is 2.40. The fourth-order valence-electron chi connectivity index (χ4n) is 2.64. The van der Waals surface area contributed by atoms with E-state index in [1.165, 1.54) is 0 Å². The van der Waals surface area contributed by atoms with Crippen molar-refractivity contribution in [2.75, 3.05) is 6.61 Å². The second kappa shape index (κ2) is 6.06. The molecule has 1 N–H and O–H groups in total. The van der Waals surface area contributed by atoms with Gasteiger partial charge in [0.15, 0.2) is 0 Å². The Morgan fingerprint density at radius 1 is 1.37 bits per heavy atom. The van der Waals surface area contributed by atoms with Crippen molar-refractivity contribution >= 4 is 21.9 Å². The molecule has 0 heterocycles. The van der Waals surface area contributed by atoms with Gasteiger partial charge in [-0.15, -0.1) is 0 Å². The summed E-state index contributed by atoms with van der Waals surface area (Å²) in [7, 11) is 0. The third kappa shape index (κ3) is 3.37. The predicted octanol–water partition coefficient (Wildman–Crippen LogP) is 3.39. The molecule has 1 aromatic rings. The summed E-state index contributed by atoms with van der Waals surface area (Å²) >= 11 is 3.39. The molecule has 104 valence electrons. The number of carbonyl (C=O) groups excluding carboxylic acids is 1. The lowest BCUT2D eigenvalue weighted by molar-refractivity contribution is -0.151. The van der Waals surface area contributed by atoms with Gasteiger partial charge in [-0.05, 0) is 50.3 Å². The van der Waals surface area contributed by atoms with E-state index in [-0.39, 0.29) is 11.9 Å². The zero-order valence-corrected chi connectivity index (χ0v) is 12.6. The van der Waals surface area contributed by atoms with Crippen molar-refractivity contribution in [3.8, 4) is 0 Å². The van der Waals surface area contributed by atoms with E-state index in [2.05, 4.69) is 15.9 Å². The highest BCUT2D eigenvalue weighted by atomic mass is 79.9. The van der Waals surface area contributed by atoms with Crippen molar-refractivity contribution in [2.45, 2.75) is 38.2 Å². The minimum atomic E-state index is -0.802. The number of esters is 1. The van der Waals surface area contributed by atoms with Crippen molar-refractivity contribution in [1.29, 1.82) is 0 Å². The van der Waals surface area contributed by atoms with Crippen LogP contribution in [-0.4, -0.2) is 17.7 Å². The van der Waals surface area contributed by atoms with E-state index in [1.807, 2.05) is 31.2 Å². The number of hydrogen-bond donors (Lipinski definition) is 1. The average Bonchev–Trinajstić information content (AvgIpc) is 2.40. The Kier molecular flexibility index (Phi) is 4.63. The molecular formula is C15H19BrO3. The maximum Gasteiger partial charge on any atom is 0.308 e. The van der Waals surface area contributed by atoms with Crippen molar-refractivity contribution in [2.24, 2.45) is 5.92 Å². The largest absolute Gasteiger partial charge is 0.466 e.